The number of hydrogen-bond donors (Lipinski definition) is 0. The van der Waals surface area contributed by atoms with Crippen LogP contribution in [0.2, 0.25) is 0 Å². The largest absolute Gasteiger partial charge is 1.00 e. The molecule has 0 aromatic heterocycles. The predicted octanol–water partition coefficient (Wildman–Crippen LogP) is 3.48. The zero-order valence-corrected chi connectivity index (χ0v) is 25.5. The van der Waals surface area contributed by atoms with Crippen molar-refractivity contribution >= 4 is 80.7 Å². The number of hydrogen-bond acceptors (Lipinski definition) is 5. The fourth-order valence-corrected chi connectivity index (χ4v) is 5.67. The molecule has 0 amide bonds. The third-order valence-electron chi connectivity index (χ3n) is 4.61. The van der Waals surface area contributed by atoms with Gasteiger partial charge in [0.2, 0.25) is 5.43 Å². The number of benzene rings is 3. The van der Waals surface area contributed by atoms with E-state index in [1.165, 1.54) is 7.11 Å². The van der Waals surface area contributed by atoms with Crippen molar-refractivity contribution in [2.75, 3.05) is 7.11 Å². The molecule has 0 spiro atoms. The molecule has 0 saturated carbocycles. The van der Waals surface area contributed by atoms with Crippen LogP contribution in [-0.4, -0.2) is 13.1 Å². The summed E-state index contributed by atoms with van der Waals surface area (Å²) >= 11 is 13.2. The Bertz CT molecular complexity index is 1380. The van der Waals surface area contributed by atoms with Crippen LogP contribution >= 0.6 is 63.7 Å². The summed E-state index contributed by atoms with van der Waals surface area (Å²) in [7, 11) is 1.31. The van der Waals surface area contributed by atoms with Gasteiger partial charge in [0, 0.05) is 21.0 Å². The first kappa shape index (κ1) is 25.6. The van der Waals surface area contributed by atoms with Crippen molar-refractivity contribution in [2.45, 2.75) is 0 Å². The molecular weight excluding hydrogens is 691 g/mol. The first-order valence-corrected chi connectivity index (χ1v) is 11.5. The van der Waals surface area contributed by atoms with E-state index >= 15 is 0 Å². The van der Waals surface area contributed by atoms with Crippen LogP contribution in [0.1, 0.15) is 10.4 Å². The van der Waals surface area contributed by atoms with Gasteiger partial charge in [0.25, 0.3) is 0 Å². The van der Waals surface area contributed by atoms with Crippen LogP contribution in [0.4, 0.5) is 0 Å². The Hall–Kier alpha value is -0.0436. The number of esters is 1. The number of carbonyl (C=O) groups is 1. The van der Waals surface area contributed by atoms with Gasteiger partial charge in [-0.05, 0) is 71.6 Å². The molecule has 1 heterocycles. The number of halogens is 4. The summed E-state index contributed by atoms with van der Waals surface area (Å²) < 4.78 is 12.0. The number of fused-ring (bicyclic) bond motifs is 2. The summed E-state index contributed by atoms with van der Waals surface area (Å²) in [6.07, 6.45) is 0. The molecule has 4 rings (SSSR count). The Morgan fingerprint density at radius 1 is 1.00 bits per heavy atom. The standard InChI is InChI=1S/C21H10Br4O5.K/c1-29-21(28)9-5-3-2-4-8(9)14-10-6-12(22)17(26)15(24)19(10)30-20-11(14)7-13(23)18(27)16(20)25;/h2-7,26H,1H3;/q;+1/p-1. The van der Waals surface area contributed by atoms with E-state index in [1.54, 1.807) is 36.4 Å². The molecule has 2 aromatic rings. The van der Waals surface area contributed by atoms with E-state index in [0.29, 0.717) is 36.6 Å². The number of carbonyl (C=O) groups excluding carboxylic acids is 1. The van der Waals surface area contributed by atoms with Gasteiger partial charge in [-0.25, -0.2) is 4.79 Å². The van der Waals surface area contributed by atoms with E-state index in [-0.39, 0.29) is 82.9 Å². The van der Waals surface area contributed by atoms with Crippen molar-refractivity contribution < 1.29 is 70.4 Å². The van der Waals surface area contributed by atoms with Gasteiger partial charge in [-0.1, -0.05) is 39.9 Å². The molecule has 2 aromatic carbocycles. The Morgan fingerprint density at radius 2 is 1.68 bits per heavy atom. The van der Waals surface area contributed by atoms with Crippen molar-refractivity contribution in [3.05, 3.63) is 70.1 Å². The van der Waals surface area contributed by atoms with Gasteiger partial charge in [0.15, 0.2) is 5.76 Å². The first-order chi connectivity index (χ1) is 14.3. The number of ether oxygens (including phenoxy) is 1. The quantitative estimate of drug-likeness (QED) is 0.182. The van der Waals surface area contributed by atoms with Gasteiger partial charge in [-0.15, -0.1) is 0 Å². The molecule has 0 N–H and O–H groups in total. The van der Waals surface area contributed by atoms with Crippen LogP contribution in [0.15, 0.2) is 63.5 Å². The average molecular weight is 700 g/mol. The molecule has 31 heavy (non-hydrogen) atoms. The minimum atomic E-state index is -0.509. The maximum Gasteiger partial charge on any atom is 1.00 e. The van der Waals surface area contributed by atoms with Gasteiger partial charge in [0.05, 0.1) is 21.6 Å². The third kappa shape index (κ3) is 4.40. The van der Waals surface area contributed by atoms with Crippen LogP contribution in [-0.2, 0) is 4.74 Å². The second kappa shape index (κ2) is 10.1. The zero-order valence-electron chi connectivity index (χ0n) is 16.0. The van der Waals surface area contributed by atoms with Gasteiger partial charge in [-0.2, -0.15) is 0 Å². The monoisotopic (exact) mass is 696 g/mol. The summed E-state index contributed by atoms with van der Waals surface area (Å²) in [5, 5.41) is 13.1. The average Bonchev–Trinajstić information content (AvgIpc) is 2.75. The van der Waals surface area contributed by atoms with E-state index < -0.39 is 5.97 Å². The second-order valence-electron chi connectivity index (χ2n) is 6.27. The minimum Gasteiger partial charge on any atom is -0.871 e. The first-order valence-electron chi connectivity index (χ1n) is 8.37. The topological polar surface area (TPSA) is 79.6 Å². The van der Waals surface area contributed by atoms with Crippen molar-refractivity contribution in [1.82, 2.24) is 0 Å². The molecule has 2 aliphatic rings. The zero-order chi connectivity index (χ0) is 21.7. The van der Waals surface area contributed by atoms with Gasteiger partial charge < -0.3 is 14.3 Å². The predicted molar refractivity (Wildman–Crippen MR) is 126 cm³/mol. The van der Waals surface area contributed by atoms with Gasteiger partial charge >= 0.3 is 57.4 Å². The molecule has 152 valence electrons. The summed E-state index contributed by atoms with van der Waals surface area (Å²) in [6.45, 7) is 0. The van der Waals surface area contributed by atoms with Crippen molar-refractivity contribution in [1.29, 1.82) is 0 Å². The Balaban J connectivity index is 0.00000272. The summed E-state index contributed by atoms with van der Waals surface area (Å²) in [4.78, 5) is 25.0. The molecule has 0 fully saturated rings. The fourth-order valence-electron chi connectivity index (χ4n) is 3.27. The number of methoxy groups -OCH3 is 1. The Kier molecular flexibility index (Phi) is 8.30. The summed E-state index contributed by atoms with van der Waals surface area (Å²) in [5.74, 6) is -0.550. The molecular formula is C21H9Br4KO5. The molecule has 1 aliphatic heterocycles. The van der Waals surface area contributed by atoms with Crippen LogP contribution in [0.3, 0.4) is 0 Å². The maximum atomic E-state index is 12.5. The Labute approximate surface area is 252 Å². The molecule has 0 unspecified atom stereocenters. The maximum absolute atomic E-state index is 12.5. The molecule has 10 heteroatoms. The van der Waals surface area contributed by atoms with Crippen LogP contribution < -0.4 is 61.9 Å². The molecule has 0 radical (unpaired) electrons. The van der Waals surface area contributed by atoms with E-state index in [2.05, 4.69) is 63.7 Å². The van der Waals surface area contributed by atoms with Crippen molar-refractivity contribution in [2.24, 2.45) is 0 Å². The van der Waals surface area contributed by atoms with Crippen molar-refractivity contribution in [3.8, 4) is 28.2 Å². The molecule has 0 saturated heterocycles. The van der Waals surface area contributed by atoms with Gasteiger partial charge in [-0.3, -0.25) is 4.79 Å². The Morgan fingerprint density at radius 3 is 2.35 bits per heavy atom. The minimum absolute atomic E-state index is 0. The SMILES string of the molecule is COC(=O)c1ccccc1-c1c2cc(Br)c(=O)c(Br)c-2oc2c(Br)c([O-])c(Br)cc12.[K+]. The smallest absolute Gasteiger partial charge is 0.871 e. The van der Waals surface area contributed by atoms with E-state index in [0.717, 1.165) is 0 Å². The van der Waals surface area contributed by atoms with Crippen LogP contribution in [0.5, 0.6) is 5.75 Å². The van der Waals surface area contributed by atoms with Gasteiger partial charge in [0.1, 0.15) is 10.1 Å². The summed E-state index contributed by atoms with van der Waals surface area (Å²) in [6, 6.07) is 10.2. The molecule has 5 nitrogen and oxygen atoms in total. The second-order valence-corrected chi connectivity index (χ2v) is 9.57. The molecule has 0 atom stereocenters. The fraction of sp³-hybridized carbons (Fsp3) is 0.0476. The van der Waals surface area contributed by atoms with Crippen molar-refractivity contribution in [3.63, 3.8) is 0 Å². The van der Waals surface area contributed by atoms with Crippen LogP contribution in [0, 0.1) is 0 Å². The van der Waals surface area contributed by atoms with E-state index in [4.69, 9.17) is 9.15 Å². The molecule has 0 bridgehead atoms. The molecule has 1 aliphatic carbocycles. The third-order valence-corrected chi connectivity index (χ3v) is 7.23. The number of rotatable bonds is 2. The van der Waals surface area contributed by atoms with E-state index in [9.17, 15) is 14.7 Å². The van der Waals surface area contributed by atoms with Crippen LogP contribution in [0.25, 0.3) is 33.4 Å². The summed E-state index contributed by atoms with van der Waals surface area (Å²) in [5.41, 5.74) is 2.07. The normalized spacial score (nSPS) is 10.9. The van der Waals surface area contributed by atoms with E-state index in [1.807, 2.05) is 0 Å².